The standard InChI is InChI=1S/C16H14N5/c1-19-12-4-3-6-18-13(12)14-16(19)21-9-10-5-7-17-8-11(10)15(21)20(14)2/h3-8H,9H2,1-2H3/q+1. The zero-order valence-corrected chi connectivity index (χ0v) is 11.9. The maximum Gasteiger partial charge on any atom is 0.271 e. The first kappa shape index (κ1) is 11.0. The number of aromatic nitrogens is 5. The van der Waals surface area contributed by atoms with Gasteiger partial charge < -0.3 is 0 Å². The molecule has 1 aliphatic rings. The van der Waals surface area contributed by atoms with Crippen LogP contribution in [-0.4, -0.2) is 19.1 Å². The number of nitrogens with zero attached hydrogens (tertiary/aromatic N) is 5. The third kappa shape index (κ3) is 1.15. The van der Waals surface area contributed by atoms with Gasteiger partial charge in [-0.3, -0.25) is 14.1 Å². The van der Waals surface area contributed by atoms with Gasteiger partial charge in [0.25, 0.3) is 5.65 Å². The fourth-order valence-corrected chi connectivity index (χ4v) is 3.64. The van der Waals surface area contributed by atoms with E-state index in [2.05, 4.69) is 49.9 Å². The Hall–Kier alpha value is -2.69. The molecule has 5 nitrogen and oxygen atoms in total. The fourth-order valence-electron chi connectivity index (χ4n) is 3.64. The summed E-state index contributed by atoms with van der Waals surface area (Å²) in [5, 5.41) is 0. The van der Waals surface area contributed by atoms with Crippen LogP contribution in [0.2, 0.25) is 0 Å². The summed E-state index contributed by atoms with van der Waals surface area (Å²) in [6.07, 6.45) is 5.69. The lowest BCUT2D eigenvalue weighted by atomic mass is 10.2. The summed E-state index contributed by atoms with van der Waals surface area (Å²) in [5.74, 6) is 1.21. The Morgan fingerprint density at radius 2 is 2.05 bits per heavy atom. The highest BCUT2D eigenvalue weighted by Crippen LogP contribution is 2.33. The minimum absolute atomic E-state index is 0.898. The Bertz CT molecular complexity index is 1040. The van der Waals surface area contributed by atoms with Gasteiger partial charge in [-0.2, -0.15) is 0 Å². The van der Waals surface area contributed by atoms with E-state index in [1.165, 1.54) is 33.6 Å². The van der Waals surface area contributed by atoms with Crippen LogP contribution in [-0.2, 0) is 20.6 Å². The van der Waals surface area contributed by atoms with Crippen molar-refractivity contribution in [1.29, 1.82) is 0 Å². The van der Waals surface area contributed by atoms with Crippen molar-refractivity contribution in [3.05, 3.63) is 42.4 Å². The third-order valence-corrected chi connectivity index (χ3v) is 4.55. The summed E-state index contributed by atoms with van der Waals surface area (Å²) in [5.41, 5.74) is 7.19. The van der Waals surface area contributed by atoms with Crippen molar-refractivity contribution in [2.24, 2.45) is 14.1 Å². The van der Waals surface area contributed by atoms with E-state index in [0.29, 0.717) is 0 Å². The van der Waals surface area contributed by atoms with Gasteiger partial charge in [-0.25, -0.2) is 9.55 Å². The Morgan fingerprint density at radius 1 is 1.14 bits per heavy atom. The van der Waals surface area contributed by atoms with Crippen LogP contribution in [0.15, 0.2) is 36.8 Å². The summed E-state index contributed by atoms with van der Waals surface area (Å²) in [6.45, 7) is 0.898. The molecule has 0 amide bonds. The van der Waals surface area contributed by atoms with Crippen LogP contribution in [0, 0.1) is 0 Å². The average Bonchev–Trinajstić information content (AvgIpc) is 3.11. The molecule has 0 bridgehead atoms. The summed E-state index contributed by atoms with van der Waals surface area (Å²) in [7, 11) is 4.23. The van der Waals surface area contributed by atoms with Gasteiger partial charge in [0.1, 0.15) is 11.0 Å². The third-order valence-electron chi connectivity index (χ3n) is 4.55. The van der Waals surface area contributed by atoms with E-state index in [1.54, 1.807) is 0 Å². The molecule has 5 heterocycles. The number of hydrogen-bond donors (Lipinski definition) is 0. The van der Waals surface area contributed by atoms with Gasteiger partial charge in [-0.1, -0.05) is 0 Å². The predicted octanol–water partition coefficient (Wildman–Crippen LogP) is 1.78. The topological polar surface area (TPSA) is 39.5 Å². The quantitative estimate of drug-likeness (QED) is 0.404. The summed E-state index contributed by atoms with van der Waals surface area (Å²) >= 11 is 0. The van der Waals surface area contributed by atoms with Crippen molar-refractivity contribution in [3.8, 4) is 11.4 Å². The van der Waals surface area contributed by atoms with Crippen molar-refractivity contribution >= 4 is 22.2 Å². The first-order chi connectivity index (χ1) is 10.3. The second-order valence-corrected chi connectivity index (χ2v) is 5.60. The molecule has 21 heavy (non-hydrogen) atoms. The SMILES string of the molecule is Cn1c2[n+](c3c1c1ncccc1n3C)Cc1ccncc1-2. The van der Waals surface area contributed by atoms with E-state index in [4.69, 9.17) is 0 Å². The lowest BCUT2D eigenvalue weighted by Crippen LogP contribution is -2.33. The summed E-state index contributed by atoms with van der Waals surface area (Å²) < 4.78 is 6.85. The number of rotatable bonds is 0. The lowest BCUT2D eigenvalue weighted by molar-refractivity contribution is -0.648. The highest BCUT2D eigenvalue weighted by Gasteiger charge is 2.34. The molecule has 0 aliphatic carbocycles. The largest absolute Gasteiger partial charge is 0.271 e. The fraction of sp³-hybridized carbons (Fsp3) is 0.188. The molecular formula is C16H14N5+. The molecule has 0 atom stereocenters. The summed E-state index contributed by atoms with van der Waals surface area (Å²) in [4.78, 5) is 8.88. The molecule has 4 aromatic heterocycles. The Morgan fingerprint density at radius 3 is 2.95 bits per heavy atom. The van der Waals surface area contributed by atoms with Crippen molar-refractivity contribution < 1.29 is 4.57 Å². The second kappa shape index (κ2) is 3.49. The van der Waals surface area contributed by atoms with Gasteiger partial charge in [0, 0.05) is 24.2 Å². The number of imidazole rings is 1. The molecule has 0 saturated carbocycles. The summed E-state index contributed by atoms with van der Waals surface area (Å²) in [6, 6.07) is 6.22. The number of aryl methyl sites for hydroxylation is 2. The van der Waals surface area contributed by atoms with Gasteiger partial charge in [0.15, 0.2) is 0 Å². The van der Waals surface area contributed by atoms with Crippen molar-refractivity contribution in [3.63, 3.8) is 0 Å². The molecular weight excluding hydrogens is 262 g/mol. The van der Waals surface area contributed by atoms with Gasteiger partial charge in [0.2, 0.25) is 11.3 Å². The number of pyridine rings is 2. The van der Waals surface area contributed by atoms with Crippen molar-refractivity contribution in [2.75, 3.05) is 0 Å². The Labute approximate surface area is 121 Å². The molecule has 0 N–H and O–H groups in total. The van der Waals surface area contributed by atoms with Crippen LogP contribution < -0.4 is 4.57 Å². The molecule has 0 aromatic carbocycles. The maximum absolute atomic E-state index is 4.59. The maximum atomic E-state index is 4.59. The zero-order chi connectivity index (χ0) is 14.1. The van der Waals surface area contributed by atoms with Crippen LogP contribution in [0.3, 0.4) is 0 Å². The zero-order valence-electron chi connectivity index (χ0n) is 11.9. The van der Waals surface area contributed by atoms with E-state index in [1.807, 2.05) is 24.7 Å². The molecule has 102 valence electrons. The first-order valence-corrected chi connectivity index (χ1v) is 7.02. The lowest BCUT2D eigenvalue weighted by Gasteiger charge is -1.97. The van der Waals surface area contributed by atoms with E-state index in [0.717, 1.165) is 12.1 Å². The van der Waals surface area contributed by atoms with E-state index in [-0.39, 0.29) is 0 Å². The molecule has 0 spiro atoms. The highest BCUT2D eigenvalue weighted by molar-refractivity contribution is 6.02. The van der Waals surface area contributed by atoms with E-state index in [9.17, 15) is 0 Å². The second-order valence-electron chi connectivity index (χ2n) is 5.60. The van der Waals surface area contributed by atoms with Crippen LogP contribution in [0.5, 0.6) is 0 Å². The van der Waals surface area contributed by atoms with E-state index >= 15 is 0 Å². The molecule has 5 heteroatoms. The minimum Gasteiger partial charge on any atom is -0.264 e. The minimum atomic E-state index is 0.898. The Kier molecular flexibility index (Phi) is 1.83. The monoisotopic (exact) mass is 276 g/mol. The van der Waals surface area contributed by atoms with Crippen molar-refractivity contribution in [1.82, 2.24) is 19.1 Å². The molecule has 0 saturated heterocycles. The molecule has 1 aliphatic heterocycles. The van der Waals surface area contributed by atoms with Crippen LogP contribution in [0.1, 0.15) is 5.56 Å². The normalized spacial score (nSPS) is 13.0. The van der Waals surface area contributed by atoms with Crippen molar-refractivity contribution in [2.45, 2.75) is 6.54 Å². The van der Waals surface area contributed by atoms with Gasteiger partial charge in [-0.05, 0) is 18.2 Å². The highest BCUT2D eigenvalue weighted by atomic mass is 15.2. The van der Waals surface area contributed by atoms with Gasteiger partial charge >= 0.3 is 0 Å². The van der Waals surface area contributed by atoms with E-state index < -0.39 is 0 Å². The molecule has 5 rings (SSSR count). The Balaban J connectivity index is 2.02. The number of fused-ring (bicyclic) bond motifs is 7. The van der Waals surface area contributed by atoms with Crippen LogP contribution in [0.25, 0.3) is 33.6 Å². The van der Waals surface area contributed by atoms with Crippen LogP contribution >= 0.6 is 0 Å². The predicted molar refractivity (Wildman–Crippen MR) is 79.7 cm³/mol. The molecule has 0 radical (unpaired) electrons. The first-order valence-electron chi connectivity index (χ1n) is 7.02. The van der Waals surface area contributed by atoms with Gasteiger partial charge in [-0.15, -0.1) is 0 Å². The molecule has 0 fully saturated rings. The number of hydrogen-bond acceptors (Lipinski definition) is 2. The smallest absolute Gasteiger partial charge is 0.264 e. The average molecular weight is 276 g/mol. The molecule has 0 unspecified atom stereocenters. The molecule has 4 aromatic rings. The van der Waals surface area contributed by atoms with Crippen LogP contribution in [0.4, 0.5) is 0 Å². The van der Waals surface area contributed by atoms with Gasteiger partial charge in [0.05, 0.1) is 26.2 Å².